The predicted molar refractivity (Wildman–Crippen MR) is 224 cm³/mol. The lowest BCUT2D eigenvalue weighted by molar-refractivity contribution is -0.137. The molecule has 4 N–H and O–H groups in total. The van der Waals surface area contributed by atoms with E-state index in [2.05, 4.69) is 15.5 Å². The number of hydrogen-bond donors (Lipinski definition) is 3. The molecule has 0 aliphatic carbocycles. The molecule has 13 nitrogen and oxygen atoms in total. The Balaban J connectivity index is 0.959. The Bertz CT molecular complexity index is 1980. The molecule has 0 aromatic heterocycles. The van der Waals surface area contributed by atoms with Crippen LogP contribution < -0.4 is 16.4 Å². The van der Waals surface area contributed by atoms with Gasteiger partial charge in [-0.1, -0.05) is 48.5 Å². The molecule has 3 aromatic rings. The van der Waals surface area contributed by atoms with Crippen molar-refractivity contribution < 1.29 is 37.1 Å². The van der Waals surface area contributed by atoms with Crippen LogP contribution in [0.25, 0.3) is 0 Å². The zero-order chi connectivity index (χ0) is 41.7. The number of urea groups is 2. The maximum Gasteiger partial charge on any atom is 0.418 e. The maximum absolute atomic E-state index is 14.3. The minimum atomic E-state index is -4.70. The minimum absolute atomic E-state index is 0.0823. The van der Waals surface area contributed by atoms with Gasteiger partial charge in [-0.25, -0.2) is 14.4 Å². The number of carbonyl (C=O) groups is 4. The van der Waals surface area contributed by atoms with Crippen LogP contribution in [0.15, 0.2) is 66.7 Å². The number of ether oxygens (including phenoxy) is 1. The Morgan fingerprint density at radius 1 is 0.814 bits per heavy atom. The van der Waals surface area contributed by atoms with E-state index in [0.717, 1.165) is 22.9 Å². The second-order valence-corrected chi connectivity index (χ2v) is 16.8. The molecule has 0 bridgehead atoms. The molecule has 0 unspecified atom stereocenters. The van der Waals surface area contributed by atoms with Crippen LogP contribution in [0.1, 0.15) is 47.9 Å². The molecule has 59 heavy (non-hydrogen) atoms. The summed E-state index contributed by atoms with van der Waals surface area (Å²) in [6.45, 7) is 4.66. The lowest BCUT2D eigenvalue weighted by Gasteiger charge is -2.43. The third-order valence-corrected chi connectivity index (χ3v) is 12.8. The zero-order valence-electron chi connectivity index (χ0n) is 32.8. The van der Waals surface area contributed by atoms with Gasteiger partial charge in [-0.15, -0.1) is 0 Å². The average molecular weight is 931 g/mol. The normalized spacial score (nSPS) is 19.1. The van der Waals surface area contributed by atoms with E-state index in [1.165, 1.54) is 6.07 Å². The number of halogens is 4. The van der Waals surface area contributed by atoms with Gasteiger partial charge in [-0.3, -0.25) is 9.69 Å². The number of hydrogen-bond acceptors (Lipinski definition) is 7. The molecule has 4 aliphatic heterocycles. The van der Waals surface area contributed by atoms with Crippen molar-refractivity contribution in [2.45, 2.75) is 69.4 Å². The highest BCUT2D eigenvalue weighted by atomic mass is 127. The first kappa shape index (κ1) is 42.3. The molecule has 0 radical (unpaired) electrons. The first-order chi connectivity index (χ1) is 28.3. The number of fused-ring (bicyclic) bond motifs is 1. The van der Waals surface area contributed by atoms with Crippen LogP contribution in [-0.2, 0) is 35.2 Å². The summed E-state index contributed by atoms with van der Waals surface area (Å²) in [7, 11) is 0. The number of benzene rings is 3. The van der Waals surface area contributed by atoms with Crippen LogP contribution in [0.4, 0.5) is 38.9 Å². The number of nitrogen functional groups attached to an aromatic ring is 1. The smallest absolute Gasteiger partial charge is 0.418 e. The standard InChI is InChI=1S/C42H50F3IN8O5/c43-42(44,45)33-24-29(25-34(46)37(33)47)26-36(49-39(56)52-17-13-32(14-18-52)54-19-10-30-8-4-5-9-35(30)48-40(54)57)38(55)51-15-11-31(12-16-51)50-20-22-53(23-21-50)41(58)59-27-28-6-2-1-3-7-28/h1-9,24-25,31-32,36H,10-23,26-27,47H2,(H,48,57)(H,49,56)/t36-/m1/s1. The summed E-state index contributed by atoms with van der Waals surface area (Å²) >= 11 is 1.76. The van der Waals surface area contributed by atoms with E-state index >= 15 is 0 Å². The van der Waals surface area contributed by atoms with Crippen molar-refractivity contribution in [3.8, 4) is 0 Å². The van der Waals surface area contributed by atoms with E-state index in [-0.39, 0.29) is 58.0 Å². The Morgan fingerprint density at radius 3 is 2.15 bits per heavy atom. The number of carbonyl (C=O) groups excluding carboxylic acids is 4. The summed E-state index contributed by atoms with van der Waals surface area (Å²) in [6, 6.07) is 18.0. The quantitative estimate of drug-likeness (QED) is 0.186. The number of likely N-dealkylation sites (tertiary alicyclic amines) is 2. The van der Waals surface area contributed by atoms with Gasteiger partial charge in [0.15, 0.2) is 0 Å². The van der Waals surface area contributed by atoms with Gasteiger partial charge in [0.2, 0.25) is 5.91 Å². The van der Waals surface area contributed by atoms with Crippen molar-refractivity contribution >= 4 is 58.0 Å². The van der Waals surface area contributed by atoms with Crippen molar-refractivity contribution in [1.82, 2.24) is 29.8 Å². The summed E-state index contributed by atoms with van der Waals surface area (Å²) in [5, 5.41) is 5.89. The molecule has 3 saturated heterocycles. The monoisotopic (exact) mass is 930 g/mol. The second kappa shape index (κ2) is 18.6. The Labute approximate surface area is 355 Å². The van der Waals surface area contributed by atoms with Gasteiger partial charge in [-0.2, -0.15) is 13.2 Å². The lowest BCUT2D eigenvalue weighted by Crippen LogP contribution is -2.58. The third-order valence-electron chi connectivity index (χ3n) is 11.9. The second-order valence-electron chi connectivity index (χ2n) is 15.6. The number of amides is 6. The first-order valence-corrected chi connectivity index (χ1v) is 21.3. The summed E-state index contributed by atoms with van der Waals surface area (Å²) in [5.41, 5.74) is 7.47. The summed E-state index contributed by atoms with van der Waals surface area (Å²) in [6.07, 6.45) is -2.07. The molecule has 1 atom stereocenters. The number of anilines is 2. The number of nitrogens with two attached hydrogens (primary N) is 1. The van der Waals surface area contributed by atoms with Crippen molar-refractivity contribution in [2.24, 2.45) is 0 Å². The zero-order valence-corrected chi connectivity index (χ0v) is 34.9. The molecule has 0 saturated carbocycles. The van der Waals surface area contributed by atoms with Gasteiger partial charge in [0.25, 0.3) is 0 Å². The van der Waals surface area contributed by atoms with Crippen molar-refractivity contribution in [1.29, 1.82) is 0 Å². The Morgan fingerprint density at radius 2 is 1.46 bits per heavy atom. The van der Waals surface area contributed by atoms with E-state index in [4.69, 9.17) is 10.5 Å². The van der Waals surface area contributed by atoms with Gasteiger partial charge in [0, 0.05) is 86.7 Å². The molecule has 316 valence electrons. The summed E-state index contributed by atoms with van der Waals surface area (Å²) in [4.78, 5) is 63.1. The molecule has 7 rings (SSSR count). The van der Waals surface area contributed by atoms with Gasteiger partial charge in [0.1, 0.15) is 12.6 Å². The fraction of sp³-hybridized carbons (Fsp3) is 0.476. The van der Waals surface area contributed by atoms with Gasteiger partial charge in [-0.05, 0) is 89.6 Å². The SMILES string of the molecule is Nc1c(I)cc(C[C@@H](NC(=O)N2CCC(N3CCc4ccccc4NC3=O)CC2)C(=O)N2CCC(N3CCN(C(=O)OCc4ccccc4)CC3)CC2)cc1C(F)(F)F. The highest BCUT2D eigenvalue weighted by molar-refractivity contribution is 14.1. The number of piperazine rings is 1. The average Bonchev–Trinajstić information content (AvgIpc) is 3.41. The van der Waals surface area contributed by atoms with Crippen LogP contribution >= 0.6 is 22.6 Å². The van der Waals surface area contributed by atoms with Crippen molar-refractivity contribution in [2.75, 3.05) is 70.0 Å². The molecular formula is C42H50F3IN8O5. The lowest BCUT2D eigenvalue weighted by atomic mass is 9.98. The maximum atomic E-state index is 14.3. The largest absolute Gasteiger partial charge is 0.445 e. The van der Waals surface area contributed by atoms with Crippen molar-refractivity contribution in [3.05, 3.63) is 92.6 Å². The van der Waals surface area contributed by atoms with E-state index in [9.17, 15) is 32.3 Å². The van der Waals surface area contributed by atoms with Crippen LogP contribution in [0.3, 0.4) is 0 Å². The number of alkyl halides is 3. The molecule has 17 heteroatoms. The summed E-state index contributed by atoms with van der Waals surface area (Å²) < 4.78 is 47.7. The number of nitrogens with zero attached hydrogens (tertiary/aromatic N) is 5. The minimum Gasteiger partial charge on any atom is -0.445 e. The third kappa shape index (κ3) is 10.3. The topological polar surface area (TPSA) is 144 Å². The highest BCUT2D eigenvalue weighted by Gasteiger charge is 2.38. The van der Waals surface area contributed by atoms with E-state index in [0.29, 0.717) is 91.0 Å². The Hall–Kier alpha value is -4.78. The van der Waals surface area contributed by atoms with Crippen molar-refractivity contribution in [3.63, 3.8) is 0 Å². The predicted octanol–water partition coefficient (Wildman–Crippen LogP) is 6.01. The van der Waals surface area contributed by atoms with Crippen LogP contribution in [0.5, 0.6) is 0 Å². The van der Waals surface area contributed by atoms with Gasteiger partial charge < -0.3 is 40.7 Å². The highest BCUT2D eigenvalue weighted by Crippen LogP contribution is 2.37. The molecule has 4 heterocycles. The van der Waals surface area contributed by atoms with E-state index in [1.54, 1.807) is 37.3 Å². The summed E-state index contributed by atoms with van der Waals surface area (Å²) in [5.74, 6) is -0.362. The van der Waals surface area contributed by atoms with Crippen LogP contribution in [-0.4, -0.2) is 126 Å². The van der Waals surface area contributed by atoms with Crippen LogP contribution in [0, 0.1) is 3.57 Å². The number of rotatable bonds is 8. The van der Waals surface area contributed by atoms with E-state index < -0.39 is 23.8 Å². The molecule has 0 spiro atoms. The fourth-order valence-corrected chi connectivity index (χ4v) is 9.26. The molecule has 3 aromatic carbocycles. The molecule has 3 fully saturated rings. The number of piperidine rings is 2. The van der Waals surface area contributed by atoms with Gasteiger partial charge >= 0.3 is 24.3 Å². The molecule has 6 amide bonds. The van der Waals surface area contributed by atoms with Gasteiger partial charge in [0.05, 0.1) is 11.3 Å². The molecular weight excluding hydrogens is 880 g/mol. The fourth-order valence-electron chi connectivity index (χ4n) is 8.57. The first-order valence-electron chi connectivity index (χ1n) is 20.2. The Kier molecular flexibility index (Phi) is 13.4. The van der Waals surface area contributed by atoms with E-state index in [1.807, 2.05) is 59.5 Å². The number of nitrogens with one attached hydrogen (secondary N) is 2. The number of para-hydroxylation sites is 1. The molecule has 4 aliphatic rings. The van der Waals surface area contributed by atoms with Crippen LogP contribution in [0.2, 0.25) is 0 Å².